The van der Waals surface area contributed by atoms with Crippen molar-refractivity contribution in [1.82, 2.24) is 4.90 Å². The Kier molecular flexibility index (Phi) is 6.57. The predicted molar refractivity (Wildman–Crippen MR) is 102 cm³/mol. The van der Waals surface area contributed by atoms with E-state index in [0.717, 1.165) is 4.31 Å². The van der Waals surface area contributed by atoms with Crippen LogP contribution in [0.4, 0.5) is 5.69 Å². The van der Waals surface area contributed by atoms with Gasteiger partial charge in [0.05, 0.1) is 10.6 Å². The molecule has 0 radical (unpaired) electrons. The van der Waals surface area contributed by atoms with Gasteiger partial charge in [-0.25, -0.2) is 8.42 Å². The Morgan fingerprint density at radius 1 is 1.04 bits per heavy atom. The summed E-state index contributed by atoms with van der Waals surface area (Å²) in [5, 5.41) is 8.99. The molecule has 0 bridgehead atoms. The number of rotatable bonds is 8. The average molecular weight is 390 g/mol. The molecule has 0 fully saturated rings. The Balaban J connectivity index is 2.35. The van der Waals surface area contributed by atoms with Gasteiger partial charge >= 0.3 is 5.97 Å². The largest absolute Gasteiger partial charge is 0.480 e. The Morgan fingerprint density at radius 3 is 2.30 bits per heavy atom. The topological polar surface area (TPSA) is 95.0 Å². The number of carboxylic acid groups (broad SMARTS) is 1. The van der Waals surface area contributed by atoms with Gasteiger partial charge in [-0.15, -0.1) is 0 Å². The molecule has 2 aromatic carbocycles. The SMILES string of the molecule is CCCN(CC(=O)O)C(=O)c1cccc(S(=O)(=O)N(C)c2ccccc2)c1. The van der Waals surface area contributed by atoms with E-state index in [4.69, 9.17) is 5.11 Å². The van der Waals surface area contributed by atoms with E-state index in [9.17, 15) is 18.0 Å². The molecular weight excluding hydrogens is 368 g/mol. The average Bonchev–Trinajstić information content (AvgIpc) is 2.67. The summed E-state index contributed by atoms with van der Waals surface area (Å²) in [6.07, 6.45) is 0.591. The molecule has 7 nitrogen and oxygen atoms in total. The van der Waals surface area contributed by atoms with Crippen molar-refractivity contribution in [3.05, 3.63) is 60.2 Å². The summed E-state index contributed by atoms with van der Waals surface area (Å²) in [6.45, 7) is 1.66. The lowest BCUT2D eigenvalue weighted by Crippen LogP contribution is -2.36. The van der Waals surface area contributed by atoms with Crippen molar-refractivity contribution in [2.45, 2.75) is 18.2 Å². The lowest BCUT2D eigenvalue weighted by Gasteiger charge is -2.22. The molecule has 2 rings (SSSR count). The fourth-order valence-corrected chi connectivity index (χ4v) is 3.83. The van der Waals surface area contributed by atoms with Crippen molar-refractivity contribution in [3.63, 3.8) is 0 Å². The lowest BCUT2D eigenvalue weighted by molar-refractivity contribution is -0.137. The fourth-order valence-electron chi connectivity index (χ4n) is 2.59. The highest BCUT2D eigenvalue weighted by Gasteiger charge is 2.24. The minimum absolute atomic E-state index is 0.0357. The molecule has 2 aromatic rings. The van der Waals surface area contributed by atoms with Crippen LogP contribution in [0.3, 0.4) is 0 Å². The van der Waals surface area contributed by atoms with Gasteiger partial charge in [-0.3, -0.25) is 13.9 Å². The summed E-state index contributed by atoms with van der Waals surface area (Å²) in [4.78, 5) is 24.8. The van der Waals surface area contributed by atoms with Crippen molar-refractivity contribution < 1.29 is 23.1 Å². The van der Waals surface area contributed by atoms with Crippen molar-refractivity contribution in [2.24, 2.45) is 0 Å². The number of para-hydroxylation sites is 1. The minimum Gasteiger partial charge on any atom is -0.480 e. The third-order valence-corrected chi connectivity index (χ3v) is 5.75. The van der Waals surface area contributed by atoms with Crippen LogP contribution in [0.2, 0.25) is 0 Å². The fraction of sp³-hybridized carbons (Fsp3) is 0.263. The zero-order chi connectivity index (χ0) is 20.0. The number of aliphatic carboxylic acids is 1. The van der Waals surface area contributed by atoms with E-state index in [-0.39, 0.29) is 17.0 Å². The van der Waals surface area contributed by atoms with Crippen LogP contribution in [0, 0.1) is 0 Å². The molecule has 0 saturated heterocycles. The predicted octanol–water partition coefficient (Wildman–Crippen LogP) is 2.45. The van der Waals surface area contributed by atoms with E-state index in [2.05, 4.69) is 0 Å². The number of hydrogen-bond donors (Lipinski definition) is 1. The zero-order valence-electron chi connectivity index (χ0n) is 15.2. The standard InChI is InChI=1S/C19H22N2O5S/c1-3-12-21(14-18(22)23)19(24)15-8-7-11-17(13-15)27(25,26)20(2)16-9-5-4-6-10-16/h4-11,13H,3,12,14H2,1-2H3,(H,22,23). The number of sulfonamides is 1. The maximum atomic E-state index is 12.9. The van der Waals surface area contributed by atoms with E-state index >= 15 is 0 Å². The number of amides is 1. The molecule has 0 spiro atoms. The van der Waals surface area contributed by atoms with Crippen LogP contribution in [0.1, 0.15) is 23.7 Å². The second-order valence-electron chi connectivity index (χ2n) is 5.96. The van der Waals surface area contributed by atoms with Crippen molar-refractivity contribution in [2.75, 3.05) is 24.4 Å². The van der Waals surface area contributed by atoms with Gasteiger partial charge in [-0.1, -0.05) is 31.2 Å². The van der Waals surface area contributed by atoms with Gasteiger partial charge in [0.2, 0.25) is 0 Å². The van der Waals surface area contributed by atoms with E-state index in [1.165, 1.54) is 36.2 Å². The monoisotopic (exact) mass is 390 g/mol. The number of carbonyl (C=O) groups excluding carboxylic acids is 1. The summed E-state index contributed by atoms with van der Waals surface area (Å²) < 4.78 is 26.9. The van der Waals surface area contributed by atoms with E-state index in [0.29, 0.717) is 12.1 Å². The highest BCUT2D eigenvalue weighted by Crippen LogP contribution is 2.22. The Labute approximate surface area is 158 Å². The van der Waals surface area contributed by atoms with Crippen LogP contribution in [0.25, 0.3) is 0 Å². The number of anilines is 1. The van der Waals surface area contributed by atoms with Crippen molar-refractivity contribution >= 4 is 27.6 Å². The highest BCUT2D eigenvalue weighted by atomic mass is 32.2. The maximum Gasteiger partial charge on any atom is 0.323 e. The molecule has 0 heterocycles. The molecule has 0 aliphatic heterocycles. The first-order valence-electron chi connectivity index (χ1n) is 8.42. The minimum atomic E-state index is -3.86. The first-order valence-corrected chi connectivity index (χ1v) is 9.86. The van der Waals surface area contributed by atoms with E-state index in [1.807, 2.05) is 6.92 Å². The third kappa shape index (κ3) is 4.85. The molecule has 8 heteroatoms. The third-order valence-electron chi connectivity index (χ3n) is 3.97. The molecule has 0 saturated carbocycles. The second kappa shape index (κ2) is 8.68. The van der Waals surface area contributed by atoms with Gasteiger partial charge in [0.25, 0.3) is 15.9 Å². The number of carboxylic acids is 1. The summed E-state index contributed by atoms with van der Waals surface area (Å²) in [6, 6.07) is 14.2. The first kappa shape index (κ1) is 20.4. The van der Waals surface area contributed by atoms with E-state index < -0.39 is 28.4 Å². The zero-order valence-corrected chi connectivity index (χ0v) is 16.0. The Hall–Kier alpha value is -2.87. The quantitative estimate of drug-likeness (QED) is 0.747. The number of hydrogen-bond acceptors (Lipinski definition) is 4. The molecule has 0 unspecified atom stereocenters. The number of carbonyl (C=O) groups is 2. The van der Waals surface area contributed by atoms with Crippen molar-refractivity contribution in [1.29, 1.82) is 0 Å². The molecule has 1 N–H and O–H groups in total. The van der Waals surface area contributed by atoms with Crippen molar-refractivity contribution in [3.8, 4) is 0 Å². The normalized spacial score (nSPS) is 11.0. The molecule has 0 aromatic heterocycles. The molecule has 27 heavy (non-hydrogen) atoms. The first-order chi connectivity index (χ1) is 12.8. The summed E-state index contributed by atoms with van der Waals surface area (Å²) in [5.74, 6) is -1.64. The van der Waals surface area contributed by atoms with Gasteiger partial charge in [-0.2, -0.15) is 0 Å². The molecule has 0 aliphatic carbocycles. The van der Waals surface area contributed by atoms with Gasteiger partial charge < -0.3 is 10.0 Å². The highest BCUT2D eigenvalue weighted by molar-refractivity contribution is 7.92. The van der Waals surface area contributed by atoms with Crippen LogP contribution in [-0.4, -0.2) is 50.4 Å². The number of benzene rings is 2. The maximum absolute atomic E-state index is 12.9. The number of nitrogens with zero attached hydrogens (tertiary/aromatic N) is 2. The molecule has 0 aliphatic rings. The van der Waals surface area contributed by atoms with Gasteiger partial charge in [0, 0.05) is 19.2 Å². The smallest absolute Gasteiger partial charge is 0.323 e. The van der Waals surface area contributed by atoms with Crippen LogP contribution < -0.4 is 4.31 Å². The van der Waals surface area contributed by atoms with Crippen LogP contribution in [0.5, 0.6) is 0 Å². The molecule has 144 valence electrons. The van der Waals surface area contributed by atoms with Gasteiger partial charge in [0.1, 0.15) is 6.54 Å². The van der Waals surface area contributed by atoms with Crippen LogP contribution in [0.15, 0.2) is 59.5 Å². The summed E-state index contributed by atoms with van der Waals surface area (Å²) >= 11 is 0. The van der Waals surface area contributed by atoms with Crippen LogP contribution in [-0.2, 0) is 14.8 Å². The molecular formula is C19H22N2O5S. The van der Waals surface area contributed by atoms with E-state index in [1.54, 1.807) is 30.3 Å². The molecule has 1 amide bonds. The van der Waals surface area contributed by atoms with Gasteiger partial charge in [-0.05, 0) is 36.8 Å². The van der Waals surface area contributed by atoms with Gasteiger partial charge in [0.15, 0.2) is 0 Å². The Bertz CT molecular complexity index is 913. The molecule has 0 atom stereocenters. The summed E-state index contributed by atoms with van der Waals surface area (Å²) in [5.41, 5.74) is 0.625. The lowest BCUT2D eigenvalue weighted by atomic mass is 10.2. The second-order valence-corrected chi connectivity index (χ2v) is 7.93. The Morgan fingerprint density at radius 2 is 1.70 bits per heavy atom. The van der Waals surface area contributed by atoms with Crippen LogP contribution >= 0.6 is 0 Å². The summed E-state index contributed by atoms with van der Waals surface area (Å²) in [7, 11) is -2.43.